The molecule has 548 valence electrons. The maximum Gasteiger partial charge on any atom is 0.264 e. The highest BCUT2D eigenvalue weighted by atomic mass is 35.5. The molecule has 6 aromatic heterocycles. The number of hydrogen-bond acceptors (Lipinski definition) is 17. The minimum atomic E-state index is -3.54. The van der Waals surface area contributed by atoms with Crippen LogP contribution < -0.4 is 21.3 Å². The SMILES string of the molecule is CN(CCO)CCCn1nc(C2=C(c3cn(C)c4ccc(Cl)cc34)C(=O)NC2=O)c2ccccc21.CNCCO.Cn1cc(C2=C(c3nn(CCCO)c4ccccc34)C(=O)NC2=O)c2cc(Cl)ccc21.Cn1cc(C2=C(c3nn(CCCOS(C)(=O)=O)c4ccccc34)C(=O)NC2=O)c2cc(Cl)ccc21. The fraction of sp³-hybridized carbons (Fsp3) is 0.250. The molecule has 0 bridgehead atoms. The number of aliphatic hydroxyl groups is 3. The molecule has 30 heteroatoms. The van der Waals surface area contributed by atoms with Crippen LogP contribution in [0, 0.1) is 0 Å². The summed E-state index contributed by atoms with van der Waals surface area (Å²) >= 11 is 18.7. The first-order valence-corrected chi connectivity index (χ1v) is 36.8. The van der Waals surface area contributed by atoms with Gasteiger partial charge in [-0.05, 0) is 113 Å². The van der Waals surface area contributed by atoms with Gasteiger partial charge in [0.1, 0.15) is 17.1 Å². The monoisotopic (exact) mass is 1510 g/mol. The average Bonchev–Trinajstić information content (AvgIpc) is 1.59. The molecule has 106 heavy (non-hydrogen) atoms. The third kappa shape index (κ3) is 15.3. The van der Waals surface area contributed by atoms with Gasteiger partial charge in [0.05, 0.1) is 76.1 Å². The first-order chi connectivity index (χ1) is 50.9. The maximum atomic E-state index is 13.1. The predicted octanol–water partition coefficient (Wildman–Crippen LogP) is 8.51. The van der Waals surface area contributed by atoms with Crippen LogP contribution in [0.3, 0.4) is 0 Å². The van der Waals surface area contributed by atoms with E-state index >= 15 is 0 Å². The number of fused-ring (bicyclic) bond motifs is 6. The number of nitrogens with zero attached hydrogens (tertiary/aromatic N) is 10. The first-order valence-electron chi connectivity index (χ1n) is 33.9. The van der Waals surface area contributed by atoms with Crippen molar-refractivity contribution < 1.29 is 56.7 Å². The van der Waals surface area contributed by atoms with Crippen molar-refractivity contribution in [3.05, 3.63) is 195 Å². The van der Waals surface area contributed by atoms with E-state index in [1.54, 1.807) is 52.9 Å². The van der Waals surface area contributed by atoms with Gasteiger partial charge in [0.15, 0.2) is 0 Å². The molecule has 0 fully saturated rings. The molecule has 0 saturated carbocycles. The summed E-state index contributed by atoms with van der Waals surface area (Å²) in [6.45, 7) is 3.99. The van der Waals surface area contributed by atoms with Crippen LogP contribution in [-0.2, 0) is 83.8 Å². The van der Waals surface area contributed by atoms with Crippen molar-refractivity contribution >= 4 is 179 Å². The molecule has 26 nitrogen and oxygen atoms in total. The molecule has 0 unspecified atom stereocenters. The third-order valence-electron chi connectivity index (χ3n) is 18.2. The van der Waals surface area contributed by atoms with E-state index in [2.05, 4.69) is 36.4 Å². The van der Waals surface area contributed by atoms with Gasteiger partial charge >= 0.3 is 0 Å². The Morgan fingerprint density at radius 3 is 1.10 bits per heavy atom. The third-order valence-corrected chi connectivity index (χ3v) is 19.5. The van der Waals surface area contributed by atoms with Gasteiger partial charge in [0.25, 0.3) is 45.6 Å². The number of carbonyl (C=O) groups excluding carboxylic acids is 6. The Bertz CT molecular complexity index is 5740. The van der Waals surface area contributed by atoms with E-state index < -0.39 is 45.6 Å². The fourth-order valence-corrected chi connectivity index (χ4v) is 14.4. The Balaban J connectivity index is 0.000000144. The number of aliphatic hydroxyl groups excluding tert-OH is 3. The highest BCUT2D eigenvalue weighted by Gasteiger charge is 2.40. The Morgan fingerprint density at radius 2 is 0.783 bits per heavy atom. The minimum absolute atomic E-state index is 0.00599. The van der Waals surface area contributed by atoms with E-state index in [0.29, 0.717) is 105 Å². The van der Waals surface area contributed by atoms with Crippen molar-refractivity contribution in [3.63, 3.8) is 0 Å². The fourth-order valence-electron chi connectivity index (χ4n) is 13.5. The summed E-state index contributed by atoms with van der Waals surface area (Å²) in [5.74, 6) is -2.86. The predicted molar refractivity (Wildman–Crippen MR) is 410 cm³/mol. The van der Waals surface area contributed by atoms with Gasteiger partial charge in [0.2, 0.25) is 0 Å². The van der Waals surface area contributed by atoms with Gasteiger partial charge in [-0.3, -0.25) is 62.9 Å². The largest absolute Gasteiger partial charge is 0.396 e. The number of aromatic nitrogens is 9. The molecule has 7 N–H and O–H groups in total. The number of halogens is 3. The summed E-state index contributed by atoms with van der Waals surface area (Å²) in [6, 6.07) is 39.0. The van der Waals surface area contributed by atoms with E-state index in [1.165, 1.54) is 0 Å². The highest BCUT2D eigenvalue weighted by Crippen LogP contribution is 2.42. The molecule has 0 atom stereocenters. The standard InChI is InChI=1S/C26H26ClN5O3.C24H21ClN4O5S.C23H19ClN4O3.C3H9NO/c1-30(12-13-33)10-5-11-32-21-7-4-3-6-17(21)24(29-32)23-22(25(34)28-26(23)35)19-15-31(2)20-9-8-16(27)14-18(19)20;1-28-13-17(16-12-14(25)8-9-18(16)28)20-21(24(31)26-23(20)30)22-15-6-3-4-7-19(15)29(27-22)10-5-11-34-35(2,32)33;1-27-12-16(15-11-13(24)7-8-17(15)27)19-20(23(31)25-22(19)30)21-14-5-2-3-6-18(14)28(26-21)9-4-10-29;1-4-2-3-5/h3-4,6-9,14-15,33H,5,10-13H2,1-2H3,(H,28,34,35);3-4,6-9,12-13H,5,10-11H2,1-2H3,(H,26,30,31);2-3,5-8,11-12,29H,4,9-10H2,1H3,(H,25,30,31);4-5H,2-3H2,1H3. The van der Waals surface area contributed by atoms with Crippen LogP contribution in [0.25, 0.3) is 98.9 Å². The van der Waals surface area contributed by atoms with E-state index in [1.807, 2.05) is 156 Å². The molecule has 0 spiro atoms. The quantitative estimate of drug-likeness (QED) is 0.0190. The normalized spacial score (nSPS) is 14.0. The van der Waals surface area contributed by atoms with Gasteiger partial charge in [-0.1, -0.05) is 89.4 Å². The number of aryl methyl sites for hydroxylation is 6. The smallest absolute Gasteiger partial charge is 0.264 e. The van der Waals surface area contributed by atoms with Crippen molar-refractivity contribution in [2.24, 2.45) is 21.1 Å². The maximum absolute atomic E-state index is 13.1. The van der Waals surface area contributed by atoms with Crippen LogP contribution in [-0.4, -0.2) is 174 Å². The number of imide groups is 3. The van der Waals surface area contributed by atoms with Crippen molar-refractivity contribution in [1.82, 2.24) is 69.2 Å². The second-order valence-electron chi connectivity index (χ2n) is 25.5. The van der Waals surface area contributed by atoms with Crippen LogP contribution in [0.4, 0.5) is 0 Å². The zero-order valence-corrected chi connectivity index (χ0v) is 61.7. The molecule has 0 aliphatic carbocycles. The molecule has 0 radical (unpaired) electrons. The Morgan fingerprint density at radius 1 is 0.443 bits per heavy atom. The first kappa shape index (κ1) is 75.3. The summed E-state index contributed by atoms with van der Waals surface area (Å²) in [5.41, 5.74) is 9.87. The van der Waals surface area contributed by atoms with Crippen LogP contribution in [0.2, 0.25) is 15.1 Å². The molecule has 9 heterocycles. The van der Waals surface area contributed by atoms with Gasteiger partial charge in [-0.15, -0.1) is 0 Å². The molecule has 3 aliphatic rings. The molecule has 0 saturated heterocycles. The zero-order valence-electron chi connectivity index (χ0n) is 58.6. The van der Waals surface area contributed by atoms with Gasteiger partial charge in [-0.25, -0.2) is 0 Å². The summed E-state index contributed by atoms with van der Waals surface area (Å²) in [7, 11) is 5.86. The number of rotatable bonds is 22. The van der Waals surface area contributed by atoms with E-state index in [0.717, 1.165) is 79.3 Å². The average molecular weight is 1510 g/mol. The number of nitrogens with one attached hydrogen (secondary N) is 4. The molecule has 6 amide bonds. The van der Waals surface area contributed by atoms with Gasteiger partial charge < -0.3 is 39.2 Å². The molecule has 15 rings (SSSR count). The van der Waals surface area contributed by atoms with Crippen molar-refractivity contribution in [1.29, 1.82) is 0 Å². The Hall–Kier alpha value is -10.4. The second kappa shape index (κ2) is 32.1. The summed E-state index contributed by atoms with van der Waals surface area (Å²) in [5, 5.41) is 56.9. The lowest BCUT2D eigenvalue weighted by molar-refractivity contribution is -0.124. The zero-order chi connectivity index (χ0) is 75.4. The number of para-hydroxylation sites is 3. The van der Waals surface area contributed by atoms with E-state index in [4.69, 9.17) is 54.3 Å². The van der Waals surface area contributed by atoms with Crippen molar-refractivity contribution in [3.8, 4) is 0 Å². The highest BCUT2D eigenvalue weighted by molar-refractivity contribution is 7.86. The van der Waals surface area contributed by atoms with Crippen LogP contribution >= 0.6 is 34.8 Å². The molecule has 12 aromatic rings. The topological polar surface area (TPSA) is 326 Å². The molecule has 6 aromatic carbocycles. The van der Waals surface area contributed by atoms with Crippen LogP contribution in [0.15, 0.2) is 146 Å². The number of amides is 6. The summed E-state index contributed by atoms with van der Waals surface area (Å²) in [4.78, 5) is 80.1. The van der Waals surface area contributed by atoms with Crippen molar-refractivity contribution in [2.45, 2.75) is 38.9 Å². The number of carbonyl (C=O) groups is 6. The van der Waals surface area contributed by atoms with Crippen molar-refractivity contribution in [2.75, 3.05) is 66.4 Å². The summed E-state index contributed by atoms with van der Waals surface area (Å²) in [6.07, 6.45) is 8.22. The minimum Gasteiger partial charge on any atom is -0.396 e. The van der Waals surface area contributed by atoms with Crippen LogP contribution in [0.5, 0.6) is 0 Å². The lowest BCUT2D eigenvalue weighted by Crippen LogP contribution is -2.24. The molecular formula is C76H75Cl3N14O12S. The number of benzene rings is 6. The van der Waals surface area contributed by atoms with E-state index in [9.17, 15) is 42.3 Å². The number of hydrogen-bond donors (Lipinski definition) is 7. The van der Waals surface area contributed by atoms with Gasteiger partial charge in [0, 0.05) is 160 Å². The second-order valence-corrected chi connectivity index (χ2v) is 28.4. The molecular weight excluding hydrogens is 1440 g/mol. The lowest BCUT2D eigenvalue weighted by atomic mass is 9.97. The van der Waals surface area contributed by atoms with Gasteiger partial charge in [-0.2, -0.15) is 23.7 Å². The van der Waals surface area contributed by atoms with Crippen LogP contribution in [0.1, 0.15) is 53.0 Å². The molecule has 3 aliphatic heterocycles. The number of likely N-dealkylation sites (N-methyl/N-ethyl adjacent to an activating group) is 2. The summed E-state index contributed by atoms with van der Waals surface area (Å²) < 4.78 is 38.4. The lowest BCUT2D eigenvalue weighted by Gasteiger charge is -2.14. The Labute approximate surface area is 622 Å². The van der Waals surface area contributed by atoms with E-state index in [-0.39, 0.29) is 54.3 Å². The Kier molecular flexibility index (Phi) is 22.8.